The van der Waals surface area contributed by atoms with E-state index in [1.165, 1.54) is 0 Å². The van der Waals surface area contributed by atoms with Gasteiger partial charge in [-0.2, -0.15) is 0 Å². The van der Waals surface area contributed by atoms with E-state index in [9.17, 15) is 14.4 Å². The van der Waals surface area contributed by atoms with Crippen molar-refractivity contribution < 1.29 is 19.5 Å². The van der Waals surface area contributed by atoms with Crippen LogP contribution in [0, 0.1) is 5.92 Å². The SMILES string of the molecule is CCCCC(CC)C(=O)O.O=C1CCNC1=O. The molecule has 0 aliphatic carbocycles. The second-order valence-corrected chi connectivity index (χ2v) is 4.01. The van der Waals surface area contributed by atoms with Crippen LogP contribution in [-0.2, 0) is 14.4 Å². The van der Waals surface area contributed by atoms with Crippen LogP contribution in [0.15, 0.2) is 0 Å². The number of aliphatic carboxylic acids is 1. The van der Waals surface area contributed by atoms with E-state index in [0.29, 0.717) is 13.0 Å². The van der Waals surface area contributed by atoms with Gasteiger partial charge in [0.2, 0.25) is 5.78 Å². The van der Waals surface area contributed by atoms with Crippen LogP contribution >= 0.6 is 0 Å². The van der Waals surface area contributed by atoms with Gasteiger partial charge in [-0.05, 0) is 12.8 Å². The zero-order chi connectivity index (χ0) is 13.3. The molecule has 2 N–H and O–H groups in total. The number of nitrogens with one attached hydrogen (secondary N) is 1. The standard InChI is InChI=1S/C8H16O2.C4H5NO2/c1-3-5-6-7(4-2)8(9)10;6-3-1-2-5-4(3)7/h7H,3-6H2,1-2H3,(H,9,10);1-2H2,(H,5,7). The summed E-state index contributed by atoms with van der Waals surface area (Å²) in [5, 5.41) is 11.0. The van der Waals surface area contributed by atoms with Crippen LogP contribution < -0.4 is 5.32 Å². The summed E-state index contributed by atoms with van der Waals surface area (Å²) in [5.41, 5.74) is 0. The van der Waals surface area contributed by atoms with E-state index in [1.54, 1.807) is 0 Å². The number of Topliss-reactive ketones (excluding diaryl/α,β-unsaturated/α-hetero) is 1. The fourth-order valence-corrected chi connectivity index (χ4v) is 1.45. The maximum atomic E-state index is 10.4. The number of carboxylic acids is 1. The quantitative estimate of drug-likeness (QED) is 0.714. The smallest absolute Gasteiger partial charge is 0.306 e. The third-order valence-corrected chi connectivity index (χ3v) is 2.64. The molecule has 0 spiro atoms. The van der Waals surface area contributed by atoms with Gasteiger partial charge in [0.25, 0.3) is 5.91 Å². The number of rotatable bonds is 5. The summed E-state index contributed by atoms with van der Waals surface area (Å²) in [7, 11) is 0. The summed E-state index contributed by atoms with van der Waals surface area (Å²) in [6.07, 6.45) is 4.09. The Labute approximate surface area is 102 Å². The highest BCUT2D eigenvalue weighted by atomic mass is 16.4. The molecule has 98 valence electrons. The molecule has 1 rings (SSSR count). The lowest BCUT2D eigenvalue weighted by Gasteiger charge is -2.06. The van der Waals surface area contributed by atoms with Crippen LogP contribution in [0.25, 0.3) is 0 Å². The molecule has 1 aliphatic heterocycles. The van der Waals surface area contributed by atoms with Crippen molar-refractivity contribution in [2.45, 2.75) is 46.0 Å². The summed E-state index contributed by atoms with van der Waals surface area (Å²) >= 11 is 0. The minimum Gasteiger partial charge on any atom is -0.481 e. The molecule has 1 unspecified atom stereocenters. The number of hydrogen-bond donors (Lipinski definition) is 2. The molecule has 1 aliphatic rings. The van der Waals surface area contributed by atoms with Gasteiger partial charge in [-0.1, -0.05) is 26.7 Å². The van der Waals surface area contributed by atoms with Crippen LogP contribution in [0.3, 0.4) is 0 Å². The lowest BCUT2D eigenvalue weighted by atomic mass is 10.00. The monoisotopic (exact) mass is 243 g/mol. The van der Waals surface area contributed by atoms with Gasteiger partial charge >= 0.3 is 5.97 Å². The van der Waals surface area contributed by atoms with E-state index in [-0.39, 0.29) is 11.7 Å². The van der Waals surface area contributed by atoms with E-state index >= 15 is 0 Å². The second-order valence-electron chi connectivity index (χ2n) is 4.01. The van der Waals surface area contributed by atoms with Gasteiger partial charge in [0, 0.05) is 13.0 Å². The highest BCUT2D eigenvalue weighted by Crippen LogP contribution is 2.11. The predicted molar refractivity (Wildman–Crippen MR) is 63.6 cm³/mol. The summed E-state index contributed by atoms with van der Waals surface area (Å²) in [6, 6.07) is 0. The molecule has 1 atom stereocenters. The molecule has 5 nitrogen and oxygen atoms in total. The summed E-state index contributed by atoms with van der Waals surface area (Å²) in [5.74, 6) is -1.48. The van der Waals surface area contributed by atoms with Gasteiger partial charge in [0.15, 0.2) is 0 Å². The summed E-state index contributed by atoms with van der Waals surface area (Å²) < 4.78 is 0. The normalized spacial score (nSPS) is 15.9. The first-order valence-corrected chi connectivity index (χ1v) is 6.06. The highest BCUT2D eigenvalue weighted by Gasteiger charge is 2.18. The first-order valence-electron chi connectivity index (χ1n) is 6.06. The Morgan fingerprint density at radius 2 is 2.06 bits per heavy atom. The van der Waals surface area contributed by atoms with Gasteiger partial charge in [-0.15, -0.1) is 0 Å². The van der Waals surface area contributed by atoms with Gasteiger partial charge in [0.05, 0.1) is 5.92 Å². The van der Waals surface area contributed by atoms with Crippen molar-refractivity contribution >= 4 is 17.7 Å². The molecule has 1 heterocycles. The predicted octanol–water partition coefficient (Wildman–Crippen LogP) is 1.36. The Kier molecular flexibility index (Phi) is 8.01. The number of carbonyl (C=O) groups excluding carboxylic acids is 2. The van der Waals surface area contributed by atoms with Crippen LogP contribution in [0.1, 0.15) is 46.0 Å². The zero-order valence-electron chi connectivity index (χ0n) is 10.5. The average Bonchev–Trinajstić information content (AvgIpc) is 2.65. The number of hydrogen-bond acceptors (Lipinski definition) is 3. The van der Waals surface area contributed by atoms with Crippen LogP contribution in [0.4, 0.5) is 0 Å². The Balaban J connectivity index is 0.000000318. The average molecular weight is 243 g/mol. The minimum atomic E-state index is -0.643. The Morgan fingerprint density at radius 1 is 1.41 bits per heavy atom. The largest absolute Gasteiger partial charge is 0.481 e. The van der Waals surface area contributed by atoms with Crippen molar-refractivity contribution in [3.63, 3.8) is 0 Å². The molecule has 0 saturated carbocycles. The minimum absolute atomic E-state index is 0.111. The van der Waals surface area contributed by atoms with E-state index in [2.05, 4.69) is 12.2 Å². The van der Waals surface area contributed by atoms with Crippen molar-refractivity contribution in [3.8, 4) is 0 Å². The van der Waals surface area contributed by atoms with Crippen LogP contribution in [0.2, 0.25) is 0 Å². The van der Waals surface area contributed by atoms with Gasteiger partial charge in [0.1, 0.15) is 0 Å². The number of ketones is 1. The number of carbonyl (C=O) groups is 3. The van der Waals surface area contributed by atoms with Crippen LogP contribution in [0.5, 0.6) is 0 Å². The molecule has 0 aromatic carbocycles. The van der Waals surface area contributed by atoms with Gasteiger partial charge < -0.3 is 10.4 Å². The van der Waals surface area contributed by atoms with Crippen molar-refractivity contribution in [1.82, 2.24) is 5.32 Å². The zero-order valence-corrected chi connectivity index (χ0v) is 10.5. The van der Waals surface area contributed by atoms with Gasteiger partial charge in [-0.3, -0.25) is 14.4 Å². The Bertz CT molecular complexity index is 262. The number of carboxylic acid groups (broad SMARTS) is 1. The molecule has 1 fully saturated rings. The first-order chi connectivity index (χ1) is 8.02. The maximum Gasteiger partial charge on any atom is 0.306 e. The number of unbranched alkanes of at least 4 members (excludes halogenated alkanes) is 1. The molecule has 1 saturated heterocycles. The van der Waals surface area contributed by atoms with E-state index < -0.39 is 11.9 Å². The molecule has 17 heavy (non-hydrogen) atoms. The molecular formula is C12H21NO4. The highest BCUT2D eigenvalue weighted by molar-refractivity contribution is 6.37. The molecule has 0 aromatic rings. The van der Waals surface area contributed by atoms with Gasteiger partial charge in [-0.25, -0.2) is 0 Å². The van der Waals surface area contributed by atoms with Crippen molar-refractivity contribution in [1.29, 1.82) is 0 Å². The Hall–Kier alpha value is -1.39. The third kappa shape index (κ3) is 6.71. The topological polar surface area (TPSA) is 83.5 Å². The molecule has 5 heteroatoms. The van der Waals surface area contributed by atoms with Crippen molar-refractivity contribution in [2.75, 3.05) is 6.54 Å². The lowest BCUT2D eigenvalue weighted by molar-refractivity contribution is -0.142. The van der Waals surface area contributed by atoms with E-state index in [4.69, 9.17) is 5.11 Å². The lowest BCUT2D eigenvalue weighted by Crippen LogP contribution is -2.18. The molecular weight excluding hydrogens is 222 g/mol. The second kappa shape index (κ2) is 8.73. The Morgan fingerprint density at radius 3 is 2.29 bits per heavy atom. The molecule has 1 amide bonds. The van der Waals surface area contributed by atoms with Crippen molar-refractivity contribution in [2.24, 2.45) is 5.92 Å². The molecule has 0 aromatic heterocycles. The summed E-state index contributed by atoms with van der Waals surface area (Å²) in [6.45, 7) is 4.53. The first kappa shape index (κ1) is 15.6. The van der Waals surface area contributed by atoms with Crippen molar-refractivity contribution in [3.05, 3.63) is 0 Å². The summed E-state index contributed by atoms with van der Waals surface area (Å²) in [4.78, 5) is 30.7. The third-order valence-electron chi connectivity index (χ3n) is 2.64. The maximum absolute atomic E-state index is 10.4. The molecule has 0 bridgehead atoms. The fourth-order valence-electron chi connectivity index (χ4n) is 1.45. The number of amides is 1. The molecule has 0 radical (unpaired) electrons. The van der Waals surface area contributed by atoms with E-state index in [1.807, 2.05) is 6.92 Å². The van der Waals surface area contributed by atoms with E-state index in [0.717, 1.165) is 25.7 Å². The van der Waals surface area contributed by atoms with Crippen LogP contribution in [-0.4, -0.2) is 29.3 Å². The fraction of sp³-hybridized carbons (Fsp3) is 0.750.